The average molecular weight is 255 g/mol. The van der Waals surface area contributed by atoms with Crippen LogP contribution >= 0.6 is 15.9 Å². The number of rotatable bonds is 1. The van der Waals surface area contributed by atoms with Crippen LogP contribution in [-0.4, -0.2) is 5.11 Å². The Kier molecular flexibility index (Phi) is 2.98. The molecule has 1 nitrogen and oxygen atoms in total. The number of hydrogen-bond acceptors (Lipinski definition) is 1. The minimum atomic E-state index is -4.43. The van der Waals surface area contributed by atoms with Crippen molar-refractivity contribution < 1.29 is 18.3 Å². The molecule has 0 unspecified atom stereocenters. The van der Waals surface area contributed by atoms with Crippen molar-refractivity contribution in [3.63, 3.8) is 0 Å². The van der Waals surface area contributed by atoms with E-state index in [-0.39, 0.29) is 10.0 Å². The first-order valence-corrected chi connectivity index (χ1v) is 4.21. The van der Waals surface area contributed by atoms with Gasteiger partial charge >= 0.3 is 6.18 Å². The molecule has 0 amide bonds. The molecule has 0 saturated carbocycles. The lowest BCUT2D eigenvalue weighted by Crippen LogP contribution is -2.10. The molecular weight excluding hydrogens is 249 g/mol. The number of halogens is 4. The summed E-state index contributed by atoms with van der Waals surface area (Å²) in [4.78, 5) is 0. The van der Waals surface area contributed by atoms with Gasteiger partial charge in [-0.15, -0.1) is 0 Å². The van der Waals surface area contributed by atoms with E-state index in [4.69, 9.17) is 5.11 Å². The van der Waals surface area contributed by atoms with Gasteiger partial charge in [0.2, 0.25) is 0 Å². The van der Waals surface area contributed by atoms with Crippen molar-refractivity contribution in [3.8, 4) is 0 Å². The zero-order valence-corrected chi connectivity index (χ0v) is 7.98. The zero-order valence-electron chi connectivity index (χ0n) is 6.40. The lowest BCUT2D eigenvalue weighted by molar-refractivity contribution is -0.139. The predicted molar refractivity (Wildman–Crippen MR) is 45.1 cm³/mol. The SMILES string of the molecule is OCc1cccc(Br)c1C(F)(F)F. The van der Waals surface area contributed by atoms with Crippen molar-refractivity contribution in [2.75, 3.05) is 0 Å². The largest absolute Gasteiger partial charge is 0.417 e. The molecule has 1 aromatic carbocycles. The van der Waals surface area contributed by atoms with Gasteiger partial charge in [-0.2, -0.15) is 13.2 Å². The van der Waals surface area contributed by atoms with Gasteiger partial charge in [0, 0.05) is 4.47 Å². The summed E-state index contributed by atoms with van der Waals surface area (Å²) in [5.74, 6) is 0. The molecule has 0 aromatic heterocycles. The molecule has 1 rings (SSSR count). The van der Waals surface area contributed by atoms with Gasteiger partial charge in [-0.1, -0.05) is 28.1 Å². The number of benzene rings is 1. The third-order valence-electron chi connectivity index (χ3n) is 1.55. The first kappa shape index (κ1) is 10.5. The van der Waals surface area contributed by atoms with Crippen molar-refractivity contribution in [3.05, 3.63) is 33.8 Å². The third-order valence-corrected chi connectivity index (χ3v) is 2.21. The van der Waals surface area contributed by atoms with Crippen molar-refractivity contribution in [2.45, 2.75) is 12.8 Å². The van der Waals surface area contributed by atoms with E-state index >= 15 is 0 Å². The van der Waals surface area contributed by atoms with Gasteiger partial charge in [0.25, 0.3) is 0 Å². The summed E-state index contributed by atoms with van der Waals surface area (Å²) in [5, 5.41) is 8.69. The maximum Gasteiger partial charge on any atom is 0.417 e. The fourth-order valence-corrected chi connectivity index (χ4v) is 1.65. The molecule has 0 aliphatic heterocycles. The highest BCUT2D eigenvalue weighted by atomic mass is 79.9. The Labute approximate surface area is 81.3 Å². The maximum atomic E-state index is 12.4. The average Bonchev–Trinajstić information content (AvgIpc) is 2.01. The van der Waals surface area contributed by atoms with Gasteiger partial charge in [0.15, 0.2) is 0 Å². The molecule has 0 fully saturated rings. The molecule has 0 saturated heterocycles. The van der Waals surface area contributed by atoms with Gasteiger partial charge in [-0.3, -0.25) is 0 Å². The molecule has 5 heteroatoms. The van der Waals surface area contributed by atoms with Crippen LogP contribution in [0, 0.1) is 0 Å². The zero-order chi connectivity index (χ0) is 10.1. The van der Waals surface area contributed by atoms with Crippen molar-refractivity contribution in [2.24, 2.45) is 0 Å². The summed E-state index contributed by atoms with van der Waals surface area (Å²) in [6.07, 6.45) is -4.43. The highest BCUT2D eigenvalue weighted by Crippen LogP contribution is 2.37. The Balaban J connectivity index is 3.32. The van der Waals surface area contributed by atoms with E-state index in [0.717, 1.165) is 0 Å². The lowest BCUT2D eigenvalue weighted by atomic mass is 10.1. The molecular formula is C8H6BrF3O. The number of aliphatic hydroxyl groups excluding tert-OH is 1. The summed E-state index contributed by atoms with van der Waals surface area (Å²) in [7, 11) is 0. The summed E-state index contributed by atoms with van der Waals surface area (Å²) in [6.45, 7) is -0.617. The molecule has 0 atom stereocenters. The Morgan fingerprint density at radius 2 is 1.92 bits per heavy atom. The predicted octanol–water partition coefficient (Wildman–Crippen LogP) is 2.96. The van der Waals surface area contributed by atoms with Crippen LogP contribution in [0.15, 0.2) is 22.7 Å². The molecule has 0 spiro atoms. The summed E-state index contributed by atoms with van der Waals surface area (Å²) < 4.78 is 37.0. The highest BCUT2D eigenvalue weighted by molar-refractivity contribution is 9.10. The smallest absolute Gasteiger partial charge is 0.392 e. The van der Waals surface area contributed by atoms with Crippen LogP contribution in [0.1, 0.15) is 11.1 Å². The third kappa shape index (κ3) is 2.22. The van der Waals surface area contributed by atoms with Crippen LogP contribution in [0.5, 0.6) is 0 Å². The van der Waals surface area contributed by atoms with E-state index < -0.39 is 18.3 Å². The van der Waals surface area contributed by atoms with E-state index in [9.17, 15) is 13.2 Å². The fraction of sp³-hybridized carbons (Fsp3) is 0.250. The van der Waals surface area contributed by atoms with Crippen LogP contribution < -0.4 is 0 Å². The minimum Gasteiger partial charge on any atom is -0.392 e. The van der Waals surface area contributed by atoms with E-state index in [1.807, 2.05) is 0 Å². The second-order valence-corrected chi connectivity index (χ2v) is 3.28. The molecule has 0 aliphatic carbocycles. The van der Waals surface area contributed by atoms with E-state index in [1.54, 1.807) is 0 Å². The molecule has 0 bridgehead atoms. The lowest BCUT2D eigenvalue weighted by Gasteiger charge is -2.12. The van der Waals surface area contributed by atoms with Crippen molar-refractivity contribution >= 4 is 15.9 Å². The first-order chi connectivity index (χ1) is 5.96. The number of hydrogen-bond donors (Lipinski definition) is 1. The topological polar surface area (TPSA) is 20.2 Å². The fourth-order valence-electron chi connectivity index (χ4n) is 1.02. The van der Waals surface area contributed by atoms with Crippen LogP contribution in [0.4, 0.5) is 13.2 Å². The highest BCUT2D eigenvalue weighted by Gasteiger charge is 2.35. The molecule has 0 radical (unpaired) electrons. The van der Waals surface area contributed by atoms with Gasteiger partial charge in [-0.25, -0.2) is 0 Å². The quantitative estimate of drug-likeness (QED) is 0.817. The standard InChI is InChI=1S/C8H6BrF3O/c9-6-3-1-2-5(4-13)7(6)8(10,11)12/h1-3,13H,4H2. The maximum absolute atomic E-state index is 12.4. The monoisotopic (exact) mass is 254 g/mol. The molecule has 72 valence electrons. The minimum absolute atomic E-state index is 0.0495. The van der Waals surface area contributed by atoms with Crippen LogP contribution in [0.25, 0.3) is 0 Å². The van der Waals surface area contributed by atoms with Crippen molar-refractivity contribution in [1.29, 1.82) is 0 Å². The Morgan fingerprint density at radius 1 is 1.31 bits per heavy atom. The molecule has 13 heavy (non-hydrogen) atoms. The first-order valence-electron chi connectivity index (χ1n) is 3.42. The Morgan fingerprint density at radius 3 is 2.31 bits per heavy atom. The van der Waals surface area contributed by atoms with Gasteiger partial charge in [0.05, 0.1) is 12.2 Å². The molecule has 0 aliphatic rings. The van der Waals surface area contributed by atoms with Crippen LogP contribution in [0.2, 0.25) is 0 Å². The summed E-state index contributed by atoms with van der Waals surface area (Å²) in [6, 6.07) is 3.99. The Hall–Kier alpha value is -0.550. The van der Waals surface area contributed by atoms with Crippen LogP contribution in [0.3, 0.4) is 0 Å². The molecule has 1 N–H and O–H groups in total. The second-order valence-electron chi connectivity index (χ2n) is 2.43. The summed E-state index contributed by atoms with van der Waals surface area (Å²) in [5.41, 5.74) is -0.931. The van der Waals surface area contributed by atoms with E-state index in [2.05, 4.69) is 15.9 Å². The molecule has 0 heterocycles. The van der Waals surface area contributed by atoms with E-state index in [0.29, 0.717) is 0 Å². The van der Waals surface area contributed by atoms with Crippen molar-refractivity contribution in [1.82, 2.24) is 0 Å². The molecule has 1 aromatic rings. The van der Waals surface area contributed by atoms with Crippen LogP contribution in [-0.2, 0) is 12.8 Å². The van der Waals surface area contributed by atoms with Gasteiger partial charge < -0.3 is 5.11 Å². The van der Waals surface area contributed by atoms with E-state index in [1.165, 1.54) is 18.2 Å². The Bertz CT molecular complexity index is 309. The number of aliphatic hydroxyl groups is 1. The normalized spacial score (nSPS) is 11.8. The number of alkyl halides is 3. The van der Waals surface area contributed by atoms with Gasteiger partial charge in [0.1, 0.15) is 0 Å². The summed E-state index contributed by atoms with van der Waals surface area (Å²) >= 11 is 2.79. The second kappa shape index (κ2) is 3.67. The van der Waals surface area contributed by atoms with Gasteiger partial charge in [-0.05, 0) is 11.6 Å².